The Hall–Kier alpha value is -3.63. The summed E-state index contributed by atoms with van der Waals surface area (Å²) in [7, 11) is -3.75. The molecule has 0 aliphatic heterocycles. The van der Waals surface area contributed by atoms with Crippen molar-refractivity contribution < 1.29 is 8.42 Å². The summed E-state index contributed by atoms with van der Waals surface area (Å²) in [4.78, 5) is 8.61. The Morgan fingerprint density at radius 3 is 2.59 bits per heavy atom. The predicted octanol–water partition coefficient (Wildman–Crippen LogP) is 3.39. The first-order valence-electron chi connectivity index (χ1n) is 8.06. The molecule has 0 atom stereocenters. The van der Waals surface area contributed by atoms with Gasteiger partial charge in [-0.05, 0) is 36.4 Å². The van der Waals surface area contributed by atoms with Gasteiger partial charge in [-0.1, -0.05) is 30.2 Å². The highest BCUT2D eigenvalue weighted by molar-refractivity contribution is 7.90. The Morgan fingerprint density at radius 2 is 1.81 bits per heavy atom. The number of benzene rings is 2. The van der Waals surface area contributed by atoms with Crippen molar-refractivity contribution >= 4 is 32.6 Å². The van der Waals surface area contributed by atoms with Crippen LogP contribution in [-0.2, 0) is 10.0 Å². The molecule has 0 unspecified atom stereocenters. The van der Waals surface area contributed by atoms with Crippen molar-refractivity contribution in [2.24, 2.45) is 0 Å². The van der Waals surface area contributed by atoms with Crippen LogP contribution in [0, 0.1) is 12.3 Å². The minimum Gasteiger partial charge on any atom is -0.340 e. The molecular weight excluding hydrogens is 360 g/mol. The summed E-state index contributed by atoms with van der Waals surface area (Å²) in [5.74, 6) is 3.07. The van der Waals surface area contributed by atoms with Crippen LogP contribution in [0.4, 0.5) is 11.5 Å². The van der Waals surface area contributed by atoms with Crippen molar-refractivity contribution in [3.8, 4) is 12.3 Å². The maximum Gasteiger partial charge on any atom is 0.269 e. The van der Waals surface area contributed by atoms with Crippen LogP contribution in [0.2, 0.25) is 0 Å². The summed E-state index contributed by atoms with van der Waals surface area (Å²) in [6, 6.07) is 17.2. The number of terminal acetylenes is 1. The van der Waals surface area contributed by atoms with Crippen LogP contribution < -0.4 is 5.32 Å². The second-order valence-electron chi connectivity index (χ2n) is 5.74. The Balaban J connectivity index is 1.80. The molecule has 4 aromatic rings. The molecule has 1 N–H and O–H groups in total. The van der Waals surface area contributed by atoms with E-state index in [1.54, 1.807) is 36.4 Å². The van der Waals surface area contributed by atoms with Crippen LogP contribution in [0.15, 0.2) is 78.1 Å². The van der Waals surface area contributed by atoms with Crippen LogP contribution in [0.5, 0.6) is 0 Å². The van der Waals surface area contributed by atoms with E-state index in [2.05, 4.69) is 21.2 Å². The van der Waals surface area contributed by atoms with Gasteiger partial charge >= 0.3 is 0 Å². The van der Waals surface area contributed by atoms with E-state index in [-0.39, 0.29) is 4.90 Å². The minimum absolute atomic E-state index is 0.192. The number of hydrogen-bond acceptors (Lipinski definition) is 5. The zero-order valence-electron chi connectivity index (χ0n) is 14.1. The molecular formula is C20H14N4O2S. The summed E-state index contributed by atoms with van der Waals surface area (Å²) in [6.45, 7) is 0. The highest BCUT2D eigenvalue weighted by Crippen LogP contribution is 2.26. The maximum absolute atomic E-state index is 12.9. The lowest BCUT2D eigenvalue weighted by molar-refractivity contribution is 0.589. The standard InChI is InChI=1S/C20H14N4O2S/c1-2-15-7-6-8-16(13-15)23-19-18-11-12-24(20(18)22-14-21-19)27(25,26)17-9-4-3-5-10-17/h1,3-14H,(H,21,22,23). The van der Waals surface area contributed by atoms with E-state index >= 15 is 0 Å². The SMILES string of the molecule is C#Cc1cccc(Nc2ncnc3c2ccn3S(=O)(=O)c2ccccc2)c1. The number of anilines is 2. The molecule has 0 saturated carbocycles. The lowest BCUT2D eigenvalue weighted by Crippen LogP contribution is -2.12. The lowest BCUT2D eigenvalue weighted by atomic mass is 10.2. The first kappa shape index (κ1) is 16.8. The summed E-state index contributed by atoms with van der Waals surface area (Å²) in [5, 5.41) is 3.76. The number of hydrogen-bond donors (Lipinski definition) is 1. The summed E-state index contributed by atoms with van der Waals surface area (Å²) < 4.78 is 27.0. The topological polar surface area (TPSA) is 76.9 Å². The summed E-state index contributed by atoms with van der Waals surface area (Å²) >= 11 is 0. The van der Waals surface area contributed by atoms with Crippen molar-refractivity contribution in [1.29, 1.82) is 0 Å². The van der Waals surface area contributed by atoms with Crippen LogP contribution >= 0.6 is 0 Å². The first-order chi connectivity index (χ1) is 13.1. The van der Waals surface area contributed by atoms with E-state index in [0.717, 1.165) is 15.2 Å². The van der Waals surface area contributed by atoms with Gasteiger partial charge in [0, 0.05) is 17.4 Å². The molecule has 6 nitrogen and oxygen atoms in total. The molecule has 0 radical (unpaired) electrons. The summed E-state index contributed by atoms with van der Waals surface area (Å²) in [6.07, 6.45) is 8.24. The van der Waals surface area contributed by atoms with Crippen molar-refractivity contribution in [3.63, 3.8) is 0 Å². The van der Waals surface area contributed by atoms with Gasteiger partial charge in [-0.15, -0.1) is 6.42 Å². The highest BCUT2D eigenvalue weighted by atomic mass is 32.2. The molecule has 7 heteroatoms. The van der Waals surface area contributed by atoms with Crippen molar-refractivity contribution in [2.75, 3.05) is 5.32 Å². The van der Waals surface area contributed by atoms with Crippen molar-refractivity contribution in [3.05, 3.63) is 78.8 Å². The number of nitrogens with zero attached hydrogens (tertiary/aromatic N) is 3. The Bertz CT molecular complexity index is 1270. The number of fused-ring (bicyclic) bond motifs is 1. The molecule has 0 saturated heterocycles. The first-order valence-corrected chi connectivity index (χ1v) is 9.50. The van der Waals surface area contributed by atoms with Crippen LogP contribution in [0.3, 0.4) is 0 Å². The largest absolute Gasteiger partial charge is 0.340 e. The third kappa shape index (κ3) is 3.03. The Labute approximate surface area is 156 Å². The quantitative estimate of drug-likeness (QED) is 0.554. The van der Waals surface area contributed by atoms with Gasteiger partial charge in [0.1, 0.15) is 12.1 Å². The highest BCUT2D eigenvalue weighted by Gasteiger charge is 2.20. The van der Waals surface area contributed by atoms with E-state index in [0.29, 0.717) is 16.9 Å². The van der Waals surface area contributed by atoms with Gasteiger partial charge in [0.25, 0.3) is 10.0 Å². The van der Waals surface area contributed by atoms with E-state index < -0.39 is 10.0 Å². The molecule has 2 heterocycles. The normalized spacial score (nSPS) is 11.2. The van der Waals surface area contributed by atoms with Gasteiger partial charge in [-0.2, -0.15) is 0 Å². The average molecular weight is 374 g/mol. The zero-order chi connectivity index (χ0) is 18.9. The summed E-state index contributed by atoms with van der Waals surface area (Å²) in [5.41, 5.74) is 1.78. The third-order valence-electron chi connectivity index (χ3n) is 4.04. The molecule has 2 aromatic heterocycles. The Kier molecular flexibility index (Phi) is 4.11. The number of rotatable bonds is 4. The zero-order valence-corrected chi connectivity index (χ0v) is 14.9. The lowest BCUT2D eigenvalue weighted by Gasteiger charge is -2.09. The molecule has 0 aliphatic rings. The van der Waals surface area contributed by atoms with Crippen molar-refractivity contribution in [1.82, 2.24) is 13.9 Å². The number of aromatic nitrogens is 3. The number of nitrogens with one attached hydrogen (secondary N) is 1. The van der Waals surface area contributed by atoms with Gasteiger partial charge in [0.05, 0.1) is 10.3 Å². The molecule has 0 bridgehead atoms. The fourth-order valence-corrected chi connectivity index (χ4v) is 4.07. The fraction of sp³-hybridized carbons (Fsp3) is 0. The van der Waals surface area contributed by atoms with Crippen LogP contribution in [-0.4, -0.2) is 22.4 Å². The monoisotopic (exact) mass is 374 g/mol. The molecule has 0 spiro atoms. The van der Waals surface area contributed by atoms with E-state index in [1.165, 1.54) is 12.5 Å². The molecule has 27 heavy (non-hydrogen) atoms. The fourth-order valence-electron chi connectivity index (χ4n) is 2.75. The Morgan fingerprint density at radius 1 is 1.00 bits per heavy atom. The van der Waals surface area contributed by atoms with Crippen molar-refractivity contribution in [2.45, 2.75) is 4.90 Å². The van der Waals surface area contributed by atoms with Gasteiger partial charge in [0.2, 0.25) is 0 Å². The van der Waals surface area contributed by atoms with Gasteiger partial charge in [-0.3, -0.25) is 0 Å². The molecule has 132 valence electrons. The molecule has 0 amide bonds. The van der Waals surface area contributed by atoms with Gasteiger partial charge in [-0.25, -0.2) is 22.4 Å². The second kappa shape index (κ2) is 6.59. The molecule has 0 aliphatic carbocycles. The van der Waals surface area contributed by atoms with E-state index in [4.69, 9.17) is 6.42 Å². The molecule has 4 rings (SSSR count). The third-order valence-corrected chi connectivity index (χ3v) is 5.72. The molecule has 0 fully saturated rings. The smallest absolute Gasteiger partial charge is 0.269 e. The van der Waals surface area contributed by atoms with Crippen LogP contribution in [0.1, 0.15) is 5.56 Å². The average Bonchev–Trinajstić information content (AvgIpc) is 3.15. The van der Waals surface area contributed by atoms with E-state index in [9.17, 15) is 8.42 Å². The maximum atomic E-state index is 12.9. The predicted molar refractivity (Wildman–Crippen MR) is 104 cm³/mol. The van der Waals surface area contributed by atoms with Crippen LogP contribution in [0.25, 0.3) is 11.0 Å². The minimum atomic E-state index is -3.75. The second-order valence-corrected chi connectivity index (χ2v) is 7.55. The van der Waals surface area contributed by atoms with Gasteiger partial charge < -0.3 is 5.32 Å². The van der Waals surface area contributed by atoms with E-state index in [1.807, 2.05) is 24.3 Å². The van der Waals surface area contributed by atoms with Gasteiger partial charge in [0.15, 0.2) is 5.65 Å². The molecule has 2 aromatic carbocycles.